The highest BCUT2D eigenvalue weighted by molar-refractivity contribution is 6.34. The molecule has 0 spiro atoms. The second-order valence-electron chi connectivity index (χ2n) is 7.05. The number of benzene rings is 2. The van der Waals surface area contributed by atoms with Crippen LogP contribution in [0.15, 0.2) is 36.4 Å². The lowest BCUT2D eigenvalue weighted by Crippen LogP contribution is -2.26. The molecule has 0 unspecified atom stereocenters. The first-order chi connectivity index (χ1) is 11.9. The fraction of sp³-hybridized carbons (Fsp3) is 0.316. The molecule has 0 aliphatic carbocycles. The molecular formula is C19H20ClF3N2O. The normalized spacial score (nSPS) is 12.0. The molecule has 2 aromatic rings. The monoisotopic (exact) mass is 384 g/mol. The molecule has 0 aliphatic rings. The molecule has 0 saturated carbocycles. The minimum atomic E-state index is -4.52. The third-order valence-corrected chi connectivity index (χ3v) is 3.88. The van der Waals surface area contributed by atoms with Crippen LogP contribution >= 0.6 is 11.6 Å². The molecule has 0 bridgehead atoms. The van der Waals surface area contributed by atoms with Crippen LogP contribution in [-0.2, 0) is 6.18 Å². The van der Waals surface area contributed by atoms with Crippen LogP contribution in [0.5, 0.6) is 0 Å². The zero-order valence-corrected chi connectivity index (χ0v) is 15.6. The number of hydrogen-bond donors (Lipinski definition) is 2. The summed E-state index contributed by atoms with van der Waals surface area (Å²) in [5.74, 6) is -0.539. The lowest BCUT2D eigenvalue weighted by Gasteiger charge is -2.24. The van der Waals surface area contributed by atoms with Gasteiger partial charge in [0.15, 0.2) is 0 Å². The Morgan fingerprint density at radius 3 is 2.23 bits per heavy atom. The van der Waals surface area contributed by atoms with E-state index in [1.54, 1.807) is 18.2 Å². The maximum atomic E-state index is 12.9. The smallest absolute Gasteiger partial charge is 0.380 e. The zero-order chi connectivity index (χ0) is 19.7. The number of aryl methyl sites for hydroxylation is 1. The molecule has 7 heteroatoms. The summed E-state index contributed by atoms with van der Waals surface area (Å²) in [5.41, 5.74) is 0.878. The highest BCUT2D eigenvalue weighted by Gasteiger charge is 2.31. The summed E-state index contributed by atoms with van der Waals surface area (Å²) in [6, 6.07) is 7.86. The largest absolute Gasteiger partial charge is 0.416 e. The number of rotatable bonds is 3. The SMILES string of the molecule is Cc1ccc(C(=O)Nc2cc(C(F)(F)F)ccc2Cl)cc1NC(C)(C)C. The quantitative estimate of drug-likeness (QED) is 0.668. The van der Waals surface area contributed by atoms with Crippen molar-refractivity contribution >= 4 is 28.9 Å². The third kappa shape index (κ3) is 5.14. The van der Waals surface area contributed by atoms with Crippen molar-refractivity contribution in [2.24, 2.45) is 0 Å². The van der Waals surface area contributed by atoms with E-state index in [-0.39, 0.29) is 16.2 Å². The summed E-state index contributed by atoms with van der Waals surface area (Å²) < 4.78 is 38.6. The zero-order valence-electron chi connectivity index (χ0n) is 14.9. The van der Waals surface area contributed by atoms with Crippen molar-refractivity contribution in [3.63, 3.8) is 0 Å². The molecule has 2 rings (SSSR count). The van der Waals surface area contributed by atoms with E-state index >= 15 is 0 Å². The fourth-order valence-electron chi connectivity index (χ4n) is 2.29. The van der Waals surface area contributed by atoms with Gasteiger partial charge in [-0.25, -0.2) is 0 Å². The Balaban J connectivity index is 2.30. The summed E-state index contributed by atoms with van der Waals surface area (Å²) in [6.45, 7) is 7.87. The van der Waals surface area contributed by atoms with Gasteiger partial charge in [-0.05, 0) is 63.6 Å². The second kappa shape index (κ2) is 7.19. The Kier molecular flexibility index (Phi) is 5.56. The van der Waals surface area contributed by atoms with E-state index in [0.717, 1.165) is 29.4 Å². The number of carbonyl (C=O) groups excluding carboxylic acids is 1. The van der Waals surface area contributed by atoms with Gasteiger partial charge in [-0.2, -0.15) is 13.2 Å². The van der Waals surface area contributed by atoms with Gasteiger partial charge >= 0.3 is 6.18 Å². The number of hydrogen-bond acceptors (Lipinski definition) is 2. The lowest BCUT2D eigenvalue weighted by molar-refractivity contribution is -0.137. The molecule has 2 N–H and O–H groups in total. The summed E-state index contributed by atoms with van der Waals surface area (Å²) >= 11 is 5.93. The molecule has 3 nitrogen and oxygen atoms in total. The van der Waals surface area contributed by atoms with Crippen LogP contribution in [0.2, 0.25) is 5.02 Å². The molecule has 0 aromatic heterocycles. The fourth-order valence-corrected chi connectivity index (χ4v) is 2.46. The molecule has 26 heavy (non-hydrogen) atoms. The van der Waals surface area contributed by atoms with E-state index in [1.807, 2.05) is 27.7 Å². The van der Waals surface area contributed by atoms with E-state index in [0.29, 0.717) is 5.56 Å². The first-order valence-electron chi connectivity index (χ1n) is 7.94. The second-order valence-corrected chi connectivity index (χ2v) is 7.46. The van der Waals surface area contributed by atoms with Gasteiger partial charge in [0, 0.05) is 16.8 Å². The summed E-state index contributed by atoms with van der Waals surface area (Å²) in [4.78, 5) is 12.5. The van der Waals surface area contributed by atoms with Crippen LogP contribution in [0.1, 0.15) is 42.3 Å². The number of halogens is 4. The van der Waals surface area contributed by atoms with Gasteiger partial charge in [0.25, 0.3) is 5.91 Å². The number of anilines is 2. The number of carbonyl (C=O) groups is 1. The molecule has 0 heterocycles. The van der Waals surface area contributed by atoms with E-state index < -0.39 is 17.6 Å². The minimum absolute atomic E-state index is 0.0338. The molecule has 2 aromatic carbocycles. The van der Waals surface area contributed by atoms with Crippen molar-refractivity contribution in [1.29, 1.82) is 0 Å². The predicted molar refractivity (Wildman–Crippen MR) is 99.0 cm³/mol. The first kappa shape index (κ1) is 20.1. The maximum Gasteiger partial charge on any atom is 0.416 e. The number of alkyl halides is 3. The van der Waals surface area contributed by atoms with Crippen LogP contribution in [0.4, 0.5) is 24.5 Å². The number of nitrogens with one attached hydrogen (secondary N) is 2. The first-order valence-corrected chi connectivity index (χ1v) is 8.31. The average molecular weight is 385 g/mol. The Hall–Kier alpha value is -2.21. The summed E-state index contributed by atoms with van der Waals surface area (Å²) in [5, 5.41) is 5.78. The molecule has 1 amide bonds. The van der Waals surface area contributed by atoms with Gasteiger partial charge in [-0.3, -0.25) is 4.79 Å². The number of amides is 1. The molecule has 0 aliphatic heterocycles. The van der Waals surface area contributed by atoms with E-state index in [9.17, 15) is 18.0 Å². The van der Waals surface area contributed by atoms with Gasteiger partial charge in [0.1, 0.15) is 0 Å². The summed E-state index contributed by atoms with van der Waals surface area (Å²) in [7, 11) is 0. The van der Waals surface area contributed by atoms with Crippen molar-refractivity contribution in [1.82, 2.24) is 0 Å². The lowest BCUT2D eigenvalue weighted by atomic mass is 10.0. The predicted octanol–water partition coefficient (Wildman–Crippen LogP) is 6.13. The molecule has 0 fully saturated rings. The van der Waals surface area contributed by atoms with E-state index in [4.69, 9.17) is 11.6 Å². The van der Waals surface area contributed by atoms with Gasteiger partial charge in [-0.15, -0.1) is 0 Å². The minimum Gasteiger partial charge on any atom is -0.380 e. The molecular weight excluding hydrogens is 365 g/mol. The van der Waals surface area contributed by atoms with E-state index in [1.165, 1.54) is 0 Å². The van der Waals surface area contributed by atoms with Crippen molar-refractivity contribution in [3.8, 4) is 0 Å². The van der Waals surface area contributed by atoms with Gasteiger partial charge < -0.3 is 10.6 Å². The third-order valence-electron chi connectivity index (χ3n) is 3.55. The van der Waals surface area contributed by atoms with Gasteiger partial charge in [0.05, 0.1) is 16.3 Å². The van der Waals surface area contributed by atoms with Crippen molar-refractivity contribution < 1.29 is 18.0 Å². The summed E-state index contributed by atoms with van der Waals surface area (Å²) in [6.07, 6.45) is -4.52. The van der Waals surface area contributed by atoms with Crippen LogP contribution in [-0.4, -0.2) is 11.4 Å². The highest BCUT2D eigenvalue weighted by atomic mass is 35.5. The molecule has 0 radical (unpaired) electrons. The Morgan fingerprint density at radius 1 is 1.00 bits per heavy atom. The highest BCUT2D eigenvalue weighted by Crippen LogP contribution is 2.34. The topological polar surface area (TPSA) is 41.1 Å². The van der Waals surface area contributed by atoms with Crippen LogP contribution in [0, 0.1) is 6.92 Å². The van der Waals surface area contributed by atoms with Gasteiger partial charge in [-0.1, -0.05) is 17.7 Å². The standard InChI is InChI=1S/C19H20ClF3N2O/c1-11-5-6-12(9-15(11)25-18(2,3)4)17(26)24-16-10-13(19(21,22)23)7-8-14(16)20/h5-10,25H,1-4H3,(H,24,26). The Bertz CT molecular complexity index is 827. The van der Waals surface area contributed by atoms with Crippen LogP contribution in [0.3, 0.4) is 0 Å². The van der Waals surface area contributed by atoms with E-state index in [2.05, 4.69) is 10.6 Å². The Morgan fingerprint density at radius 2 is 1.65 bits per heavy atom. The van der Waals surface area contributed by atoms with Crippen LogP contribution < -0.4 is 10.6 Å². The van der Waals surface area contributed by atoms with Gasteiger partial charge in [0.2, 0.25) is 0 Å². The molecule has 140 valence electrons. The van der Waals surface area contributed by atoms with Crippen molar-refractivity contribution in [2.45, 2.75) is 39.4 Å². The average Bonchev–Trinajstić information content (AvgIpc) is 2.49. The Labute approximate surface area is 155 Å². The van der Waals surface area contributed by atoms with Crippen LogP contribution in [0.25, 0.3) is 0 Å². The van der Waals surface area contributed by atoms with Crippen molar-refractivity contribution in [3.05, 3.63) is 58.1 Å². The molecule has 0 saturated heterocycles. The van der Waals surface area contributed by atoms with Crippen molar-refractivity contribution in [2.75, 3.05) is 10.6 Å². The molecule has 0 atom stereocenters. The maximum absolute atomic E-state index is 12.9.